The number of fused-ring (bicyclic) bond motifs is 1. The van der Waals surface area contributed by atoms with Gasteiger partial charge in [0.15, 0.2) is 0 Å². The monoisotopic (exact) mass is 221 g/mol. The second kappa shape index (κ2) is 4.44. The van der Waals surface area contributed by atoms with E-state index in [-0.39, 0.29) is 11.6 Å². The highest BCUT2D eigenvalue weighted by molar-refractivity contribution is 5.38. The number of nitrogens with two attached hydrogens (primary N) is 1. The summed E-state index contributed by atoms with van der Waals surface area (Å²) in [4.78, 5) is 0. The Hall–Kier alpha value is -1.06. The van der Waals surface area contributed by atoms with Crippen molar-refractivity contribution in [1.82, 2.24) is 0 Å². The van der Waals surface area contributed by atoms with E-state index in [4.69, 9.17) is 15.2 Å². The second-order valence-electron chi connectivity index (χ2n) is 4.54. The first kappa shape index (κ1) is 11.4. The molecular weight excluding hydrogens is 202 g/mol. The van der Waals surface area contributed by atoms with Gasteiger partial charge in [0.25, 0.3) is 0 Å². The summed E-state index contributed by atoms with van der Waals surface area (Å²) in [7, 11) is 0. The summed E-state index contributed by atoms with van der Waals surface area (Å²) in [5.74, 6) is 0.892. The molecule has 0 saturated carbocycles. The number of para-hydroxylation sites is 1. The highest BCUT2D eigenvalue weighted by Gasteiger charge is 2.35. The first-order chi connectivity index (χ1) is 7.64. The van der Waals surface area contributed by atoms with Crippen LogP contribution in [-0.2, 0) is 4.74 Å². The Bertz CT molecular complexity index is 367. The third kappa shape index (κ3) is 2.20. The molecule has 0 saturated heterocycles. The summed E-state index contributed by atoms with van der Waals surface area (Å²) in [6.45, 7) is 5.33. The third-order valence-corrected chi connectivity index (χ3v) is 2.94. The Labute approximate surface area is 96.5 Å². The Morgan fingerprint density at radius 3 is 3.00 bits per heavy atom. The van der Waals surface area contributed by atoms with E-state index in [1.807, 2.05) is 31.2 Å². The lowest BCUT2D eigenvalue weighted by Crippen LogP contribution is -2.44. The van der Waals surface area contributed by atoms with Crippen LogP contribution in [0, 0.1) is 0 Å². The van der Waals surface area contributed by atoms with Gasteiger partial charge in [-0.2, -0.15) is 0 Å². The minimum atomic E-state index is -0.302. The molecule has 0 spiro atoms. The molecule has 3 heteroatoms. The number of benzene rings is 1. The van der Waals surface area contributed by atoms with Crippen molar-refractivity contribution in [3.63, 3.8) is 0 Å². The summed E-state index contributed by atoms with van der Waals surface area (Å²) in [5, 5.41) is 0. The van der Waals surface area contributed by atoms with Crippen molar-refractivity contribution >= 4 is 0 Å². The summed E-state index contributed by atoms with van der Waals surface area (Å²) >= 11 is 0. The molecule has 88 valence electrons. The lowest BCUT2D eigenvalue weighted by atomic mass is 9.89. The minimum Gasteiger partial charge on any atom is -0.485 e. The molecule has 0 bridgehead atoms. The first-order valence-corrected chi connectivity index (χ1v) is 5.76. The zero-order valence-corrected chi connectivity index (χ0v) is 9.90. The molecule has 2 atom stereocenters. The molecule has 1 aliphatic heterocycles. The van der Waals surface area contributed by atoms with Crippen molar-refractivity contribution < 1.29 is 9.47 Å². The van der Waals surface area contributed by atoms with Crippen molar-refractivity contribution in [3.8, 4) is 5.75 Å². The number of ether oxygens (including phenoxy) is 2. The van der Waals surface area contributed by atoms with Crippen LogP contribution in [0.4, 0.5) is 0 Å². The van der Waals surface area contributed by atoms with Gasteiger partial charge in [-0.05, 0) is 19.9 Å². The van der Waals surface area contributed by atoms with Crippen LogP contribution in [0.15, 0.2) is 24.3 Å². The van der Waals surface area contributed by atoms with Crippen LogP contribution in [0.25, 0.3) is 0 Å². The molecule has 1 aromatic rings. The molecule has 0 aliphatic carbocycles. The predicted octanol–water partition coefficient (Wildman–Crippen LogP) is 2.26. The van der Waals surface area contributed by atoms with Crippen molar-refractivity contribution in [3.05, 3.63) is 29.8 Å². The molecule has 0 radical (unpaired) electrons. The normalized spacial score (nSPS) is 28.3. The SMILES string of the molecule is CCOCC1(C)C[C@H](N)c2ccccc2O1. The van der Waals surface area contributed by atoms with Gasteiger partial charge in [0.2, 0.25) is 0 Å². The van der Waals surface area contributed by atoms with E-state index in [1.54, 1.807) is 0 Å². The molecule has 3 nitrogen and oxygen atoms in total. The molecule has 1 aliphatic rings. The number of hydrogen-bond donors (Lipinski definition) is 1. The van der Waals surface area contributed by atoms with Gasteiger partial charge < -0.3 is 15.2 Å². The molecule has 0 fully saturated rings. The van der Waals surface area contributed by atoms with Crippen LogP contribution in [0.1, 0.15) is 31.9 Å². The molecule has 2 rings (SSSR count). The quantitative estimate of drug-likeness (QED) is 0.851. The molecule has 0 aromatic heterocycles. The maximum absolute atomic E-state index is 6.16. The van der Waals surface area contributed by atoms with Crippen molar-refractivity contribution in [1.29, 1.82) is 0 Å². The van der Waals surface area contributed by atoms with E-state index in [2.05, 4.69) is 6.92 Å². The average Bonchev–Trinajstić information content (AvgIpc) is 2.26. The van der Waals surface area contributed by atoms with Gasteiger partial charge in [-0.3, -0.25) is 0 Å². The van der Waals surface area contributed by atoms with Gasteiger partial charge in [-0.25, -0.2) is 0 Å². The van der Waals surface area contributed by atoms with Gasteiger partial charge in [-0.15, -0.1) is 0 Å². The lowest BCUT2D eigenvalue weighted by molar-refractivity contribution is -0.0302. The van der Waals surface area contributed by atoms with Crippen LogP contribution in [0.5, 0.6) is 5.75 Å². The van der Waals surface area contributed by atoms with Crippen LogP contribution in [0.2, 0.25) is 0 Å². The van der Waals surface area contributed by atoms with Crippen LogP contribution in [-0.4, -0.2) is 18.8 Å². The number of hydrogen-bond acceptors (Lipinski definition) is 3. The van der Waals surface area contributed by atoms with Crippen LogP contribution < -0.4 is 10.5 Å². The highest BCUT2D eigenvalue weighted by Crippen LogP contribution is 2.38. The first-order valence-electron chi connectivity index (χ1n) is 5.76. The van der Waals surface area contributed by atoms with Gasteiger partial charge in [0, 0.05) is 24.6 Å². The third-order valence-electron chi connectivity index (χ3n) is 2.94. The second-order valence-corrected chi connectivity index (χ2v) is 4.54. The fourth-order valence-corrected chi connectivity index (χ4v) is 2.17. The Morgan fingerprint density at radius 2 is 2.25 bits per heavy atom. The summed E-state index contributed by atoms with van der Waals surface area (Å²) in [6.07, 6.45) is 0.796. The summed E-state index contributed by atoms with van der Waals surface area (Å²) in [5.41, 5.74) is 6.95. The summed E-state index contributed by atoms with van der Waals surface area (Å²) in [6, 6.07) is 8.00. The Balaban J connectivity index is 2.20. The minimum absolute atomic E-state index is 0.0374. The lowest BCUT2D eigenvalue weighted by Gasteiger charge is -2.38. The maximum atomic E-state index is 6.16. The van der Waals surface area contributed by atoms with E-state index >= 15 is 0 Å². The highest BCUT2D eigenvalue weighted by atomic mass is 16.5. The smallest absolute Gasteiger partial charge is 0.131 e. The maximum Gasteiger partial charge on any atom is 0.131 e. The Morgan fingerprint density at radius 1 is 1.50 bits per heavy atom. The van der Waals surface area contributed by atoms with Crippen molar-refractivity contribution in [2.24, 2.45) is 5.73 Å². The van der Waals surface area contributed by atoms with Gasteiger partial charge in [-0.1, -0.05) is 18.2 Å². The van der Waals surface area contributed by atoms with Gasteiger partial charge in [0.1, 0.15) is 11.4 Å². The predicted molar refractivity (Wildman–Crippen MR) is 63.5 cm³/mol. The fourth-order valence-electron chi connectivity index (χ4n) is 2.17. The van der Waals surface area contributed by atoms with Crippen LogP contribution in [0.3, 0.4) is 0 Å². The molecule has 1 heterocycles. The fraction of sp³-hybridized carbons (Fsp3) is 0.538. The molecule has 1 aromatic carbocycles. The molecule has 16 heavy (non-hydrogen) atoms. The zero-order chi connectivity index (χ0) is 11.6. The zero-order valence-electron chi connectivity index (χ0n) is 9.90. The van der Waals surface area contributed by atoms with Gasteiger partial charge in [0.05, 0.1) is 6.61 Å². The average molecular weight is 221 g/mol. The van der Waals surface area contributed by atoms with Crippen molar-refractivity contribution in [2.45, 2.75) is 31.9 Å². The number of rotatable bonds is 3. The van der Waals surface area contributed by atoms with E-state index < -0.39 is 0 Å². The molecule has 1 unspecified atom stereocenters. The van der Waals surface area contributed by atoms with E-state index in [0.717, 1.165) is 17.7 Å². The topological polar surface area (TPSA) is 44.5 Å². The Kier molecular flexibility index (Phi) is 3.17. The summed E-state index contributed by atoms with van der Waals surface area (Å²) < 4.78 is 11.4. The van der Waals surface area contributed by atoms with Gasteiger partial charge >= 0.3 is 0 Å². The molecule has 0 amide bonds. The van der Waals surface area contributed by atoms with Crippen LogP contribution >= 0.6 is 0 Å². The molecule has 2 N–H and O–H groups in total. The largest absolute Gasteiger partial charge is 0.485 e. The standard InChI is InChI=1S/C13H19NO2/c1-3-15-9-13(2)8-11(14)10-6-4-5-7-12(10)16-13/h4-7,11H,3,8-9,14H2,1-2H3/t11-,13?/m0/s1. The molecular formula is C13H19NO2. The van der Waals surface area contributed by atoms with Crippen molar-refractivity contribution in [2.75, 3.05) is 13.2 Å². The van der Waals surface area contributed by atoms with E-state index in [0.29, 0.717) is 13.2 Å². The van der Waals surface area contributed by atoms with E-state index in [1.165, 1.54) is 0 Å². The van der Waals surface area contributed by atoms with E-state index in [9.17, 15) is 0 Å².